The van der Waals surface area contributed by atoms with Gasteiger partial charge >= 0.3 is 5.97 Å². The Balaban J connectivity index is 1.36. The second kappa shape index (κ2) is 8.09. The van der Waals surface area contributed by atoms with Crippen LogP contribution in [0.5, 0.6) is 11.5 Å². The maximum absolute atomic E-state index is 12.4. The predicted octanol–water partition coefficient (Wildman–Crippen LogP) is 3.68. The lowest BCUT2D eigenvalue weighted by atomic mass is 10.1. The number of fused-ring (bicyclic) bond motifs is 1. The van der Waals surface area contributed by atoms with E-state index in [1.54, 1.807) is 48.5 Å². The van der Waals surface area contributed by atoms with E-state index in [-0.39, 0.29) is 12.9 Å². The van der Waals surface area contributed by atoms with Crippen LogP contribution in [0.1, 0.15) is 15.9 Å². The molecule has 3 aromatic carbocycles. The number of hydrogen-bond acceptors (Lipinski definition) is 6. The first-order valence-electron chi connectivity index (χ1n) is 8.79. The zero-order valence-corrected chi connectivity index (χ0v) is 15.0. The number of carbonyl (C=O) groups is 1. The second-order valence-electron chi connectivity index (χ2n) is 6.34. The molecule has 3 aromatic rings. The molecule has 1 fully saturated rings. The van der Waals surface area contributed by atoms with E-state index in [0.29, 0.717) is 29.2 Å². The quantitative estimate of drug-likeness (QED) is 0.206. The third kappa shape index (κ3) is 4.46. The molecular formula is C22H17NO5. The summed E-state index contributed by atoms with van der Waals surface area (Å²) >= 11 is 0. The van der Waals surface area contributed by atoms with Gasteiger partial charge in [0.1, 0.15) is 17.6 Å². The molecule has 1 aliphatic heterocycles. The van der Waals surface area contributed by atoms with Crippen molar-refractivity contribution in [3.8, 4) is 17.6 Å². The molecule has 4 rings (SSSR count). The highest BCUT2D eigenvalue weighted by atomic mass is 16.7. The Morgan fingerprint density at radius 1 is 1.04 bits per heavy atom. The van der Waals surface area contributed by atoms with Crippen LogP contribution in [0, 0.1) is 11.3 Å². The van der Waals surface area contributed by atoms with Gasteiger partial charge in [0.25, 0.3) is 0 Å². The van der Waals surface area contributed by atoms with Gasteiger partial charge in [-0.25, -0.2) is 4.79 Å². The molecule has 6 heteroatoms. The van der Waals surface area contributed by atoms with Crippen molar-refractivity contribution in [2.24, 2.45) is 0 Å². The fourth-order valence-electron chi connectivity index (χ4n) is 2.66. The van der Waals surface area contributed by atoms with Crippen LogP contribution in [-0.4, -0.2) is 32.1 Å². The van der Waals surface area contributed by atoms with Gasteiger partial charge in [0.2, 0.25) is 0 Å². The number of epoxide rings is 1. The van der Waals surface area contributed by atoms with Crippen LogP contribution in [0.25, 0.3) is 10.8 Å². The molecule has 6 nitrogen and oxygen atoms in total. The molecule has 0 amide bonds. The number of hydrogen-bond donors (Lipinski definition) is 0. The fraction of sp³-hybridized carbons (Fsp3) is 0.182. The molecular weight excluding hydrogens is 358 g/mol. The maximum Gasteiger partial charge on any atom is 0.343 e. The molecule has 0 bridgehead atoms. The minimum atomic E-state index is -0.457. The van der Waals surface area contributed by atoms with Gasteiger partial charge in [-0.2, -0.15) is 5.26 Å². The van der Waals surface area contributed by atoms with Crippen molar-refractivity contribution in [1.29, 1.82) is 5.26 Å². The molecule has 0 aliphatic carbocycles. The smallest absolute Gasteiger partial charge is 0.343 e. The molecule has 1 heterocycles. The summed E-state index contributed by atoms with van der Waals surface area (Å²) in [6.07, 6.45) is 0.198. The van der Waals surface area contributed by atoms with E-state index in [2.05, 4.69) is 6.07 Å². The Hall–Kier alpha value is -3.40. The number of esters is 1. The highest BCUT2D eigenvalue weighted by molar-refractivity contribution is 5.92. The first-order valence-corrected chi connectivity index (χ1v) is 8.79. The SMILES string of the molecule is N#Cc1ccc2cc(OC(=O)c3ccc(OCOCC4CO4)cc3)ccc2c1. The van der Waals surface area contributed by atoms with E-state index in [1.165, 1.54) is 0 Å². The van der Waals surface area contributed by atoms with Crippen molar-refractivity contribution in [1.82, 2.24) is 0 Å². The lowest BCUT2D eigenvalue weighted by molar-refractivity contribution is 0.00821. The van der Waals surface area contributed by atoms with Gasteiger partial charge in [-0.15, -0.1) is 0 Å². The van der Waals surface area contributed by atoms with Gasteiger partial charge in [0.15, 0.2) is 6.79 Å². The van der Waals surface area contributed by atoms with Crippen LogP contribution in [0.4, 0.5) is 0 Å². The summed E-state index contributed by atoms with van der Waals surface area (Å²) < 4.78 is 21.3. The van der Waals surface area contributed by atoms with Crippen LogP contribution < -0.4 is 9.47 Å². The molecule has 1 unspecified atom stereocenters. The van der Waals surface area contributed by atoms with E-state index in [4.69, 9.17) is 24.2 Å². The Kier molecular flexibility index (Phi) is 5.20. The summed E-state index contributed by atoms with van der Waals surface area (Å²) in [7, 11) is 0. The molecule has 140 valence electrons. The highest BCUT2D eigenvalue weighted by Crippen LogP contribution is 2.23. The predicted molar refractivity (Wildman–Crippen MR) is 101 cm³/mol. The molecule has 28 heavy (non-hydrogen) atoms. The van der Waals surface area contributed by atoms with E-state index in [0.717, 1.165) is 17.4 Å². The van der Waals surface area contributed by atoms with Crippen LogP contribution in [0.2, 0.25) is 0 Å². The monoisotopic (exact) mass is 375 g/mol. The number of nitrogens with zero attached hydrogens (tertiary/aromatic N) is 1. The Bertz CT molecular complexity index is 1030. The average Bonchev–Trinajstić information content (AvgIpc) is 3.55. The van der Waals surface area contributed by atoms with Gasteiger partial charge in [0.05, 0.1) is 30.4 Å². The number of rotatable bonds is 7. The van der Waals surface area contributed by atoms with Crippen molar-refractivity contribution in [2.75, 3.05) is 20.0 Å². The summed E-state index contributed by atoms with van der Waals surface area (Å²) in [4.78, 5) is 12.4. The van der Waals surface area contributed by atoms with E-state index < -0.39 is 5.97 Å². The van der Waals surface area contributed by atoms with E-state index >= 15 is 0 Å². The van der Waals surface area contributed by atoms with Gasteiger partial charge in [0, 0.05) is 0 Å². The van der Waals surface area contributed by atoms with Crippen molar-refractivity contribution in [3.05, 3.63) is 71.8 Å². The van der Waals surface area contributed by atoms with Crippen molar-refractivity contribution in [2.45, 2.75) is 6.10 Å². The molecule has 1 aliphatic rings. The van der Waals surface area contributed by atoms with Crippen LogP contribution in [0.3, 0.4) is 0 Å². The lowest BCUT2D eigenvalue weighted by Crippen LogP contribution is -2.09. The topological polar surface area (TPSA) is 81.1 Å². The minimum Gasteiger partial charge on any atom is -0.468 e. The summed E-state index contributed by atoms with van der Waals surface area (Å²) in [5.74, 6) is 0.590. The lowest BCUT2D eigenvalue weighted by Gasteiger charge is -2.08. The number of carbonyl (C=O) groups excluding carboxylic acids is 1. The molecule has 1 saturated heterocycles. The normalized spacial score (nSPS) is 15.0. The minimum absolute atomic E-state index is 0.133. The van der Waals surface area contributed by atoms with E-state index in [9.17, 15) is 4.79 Å². The summed E-state index contributed by atoms with van der Waals surface area (Å²) in [6.45, 7) is 1.40. The molecule has 0 saturated carbocycles. The summed E-state index contributed by atoms with van der Waals surface area (Å²) in [5, 5.41) is 10.8. The first-order chi connectivity index (χ1) is 13.7. The number of benzene rings is 3. The third-order valence-corrected chi connectivity index (χ3v) is 4.26. The number of nitriles is 1. The maximum atomic E-state index is 12.4. The summed E-state index contributed by atoms with van der Waals surface area (Å²) in [6, 6.07) is 19.4. The molecule has 0 radical (unpaired) electrons. The van der Waals surface area contributed by atoms with Gasteiger partial charge in [-0.05, 0) is 59.3 Å². The second-order valence-corrected chi connectivity index (χ2v) is 6.34. The number of ether oxygens (including phenoxy) is 4. The zero-order valence-electron chi connectivity index (χ0n) is 15.0. The van der Waals surface area contributed by atoms with Crippen LogP contribution in [0.15, 0.2) is 60.7 Å². The van der Waals surface area contributed by atoms with Crippen molar-refractivity contribution in [3.63, 3.8) is 0 Å². The van der Waals surface area contributed by atoms with Gasteiger partial charge < -0.3 is 18.9 Å². The molecule has 0 aromatic heterocycles. The van der Waals surface area contributed by atoms with Crippen LogP contribution in [-0.2, 0) is 9.47 Å². The summed E-state index contributed by atoms with van der Waals surface area (Å²) in [5.41, 5.74) is 1.01. The Labute approximate surface area is 161 Å². The largest absolute Gasteiger partial charge is 0.468 e. The molecule has 0 spiro atoms. The molecule has 0 N–H and O–H groups in total. The fourth-order valence-corrected chi connectivity index (χ4v) is 2.66. The molecule has 1 atom stereocenters. The highest BCUT2D eigenvalue weighted by Gasteiger charge is 2.22. The Morgan fingerprint density at radius 3 is 2.50 bits per heavy atom. The average molecular weight is 375 g/mol. The first kappa shape index (κ1) is 18.0. The van der Waals surface area contributed by atoms with Crippen molar-refractivity contribution >= 4 is 16.7 Å². The van der Waals surface area contributed by atoms with E-state index in [1.807, 2.05) is 12.1 Å². The standard InChI is InChI=1S/C22H17NO5/c23-11-15-1-2-18-10-20(8-5-17(18)9-15)28-22(24)16-3-6-19(7-4-16)27-14-25-12-21-13-26-21/h1-10,21H,12-14H2. The van der Waals surface area contributed by atoms with Gasteiger partial charge in [-0.1, -0.05) is 12.1 Å². The van der Waals surface area contributed by atoms with Gasteiger partial charge in [-0.3, -0.25) is 0 Å². The van der Waals surface area contributed by atoms with Crippen LogP contribution >= 0.6 is 0 Å². The third-order valence-electron chi connectivity index (χ3n) is 4.26. The van der Waals surface area contributed by atoms with Crippen molar-refractivity contribution < 1.29 is 23.7 Å². The Morgan fingerprint density at radius 2 is 1.75 bits per heavy atom. The zero-order chi connectivity index (χ0) is 19.3.